The Bertz CT molecular complexity index is 790. The van der Waals surface area contributed by atoms with E-state index in [1.54, 1.807) is 6.20 Å². The molecule has 3 aromatic heterocycles. The van der Waals surface area contributed by atoms with Crippen molar-refractivity contribution >= 4 is 22.2 Å². The Morgan fingerprint density at radius 1 is 1.52 bits per heavy atom. The van der Waals surface area contributed by atoms with Crippen molar-refractivity contribution < 1.29 is 4.79 Å². The first kappa shape index (κ1) is 12.5. The number of carbonyl (C=O) groups excluding carboxylic acids is 1. The number of imidazole rings is 1. The summed E-state index contributed by atoms with van der Waals surface area (Å²) in [4.78, 5) is 20.4. The van der Waals surface area contributed by atoms with Gasteiger partial charge in [-0.05, 0) is 13.3 Å². The van der Waals surface area contributed by atoms with Crippen LogP contribution in [0, 0.1) is 6.92 Å². The Balaban J connectivity index is 1.58. The lowest BCUT2D eigenvalue weighted by molar-refractivity contribution is 0.0794. The highest BCUT2D eigenvalue weighted by Crippen LogP contribution is 2.28. The average Bonchev–Trinajstić information content (AvgIpc) is 3.25. The second-order valence-electron chi connectivity index (χ2n) is 5.10. The van der Waals surface area contributed by atoms with Crippen LogP contribution in [0.1, 0.15) is 33.5 Å². The molecule has 4 heterocycles. The van der Waals surface area contributed by atoms with Crippen LogP contribution in [0.25, 0.3) is 4.96 Å². The molecule has 3 aromatic rings. The van der Waals surface area contributed by atoms with E-state index >= 15 is 0 Å². The fourth-order valence-corrected chi connectivity index (χ4v) is 3.79. The maximum Gasteiger partial charge on any atom is 0.265 e. The van der Waals surface area contributed by atoms with Gasteiger partial charge in [-0.25, -0.2) is 4.98 Å². The summed E-state index contributed by atoms with van der Waals surface area (Å²) in [5.41, 5.74) is 0.945. The standard InChI is InChI=1S/C12H13N7OS/c1-7-9(21-12-13-3-5-19(7)12)11(20)18-4-2-8(6-18)10-14-16-17-15-10/h3,5,8H,2,4,6H2,1H3,(H,14,15,16,17). The fraction of sp³-hybridized carbons (Fsp3) is 0.417. The van der Waals surface area contributed by atoms with Gasteiger partial charge in [-0.3, -0.25) is 9.20 Å². The van der Waals surface area contributed by atoms with Crippen molar-refractivity contribution in [3.63, 3.8) is 0 Å². The van der Waals surface area contributed by atoms with Crippen LogP contribution >= 0.6 is 11.3 Å². The topological polar surface area (TPSA) is 92.1 Å². The number of carbonyl (C=O) groups is 1. The van der Waals surface area contributed by atoms with E-state index in [-0.39, 0.29) is 11.8 Å². The van der Waals surface area contributed by atoms with Crippen LogP contribution < -0.4 is 0 Å². The maximum atomic E-state index is 12.7. The summed E-state index contributed by atoms with van der Waals surface area (Å²) in [5.74, 6) is 0.911. The second-order valence-corrected chi connectivity index (χ2v) is 6.08. The molecule has 0 radical (unpaired) electrons. The van der Waals surface area contributed by atoms with Crippen LogP contribution in [0.3, 0.4) is 0 Å². The van der Waals surface area contributed by atoms with E-state index in [4.69, 9.17) is 0 Å². The Labute approximate surface area is 123 Å². The zero-order chi connectivity index (χ0) is 14.4. The van der Waals surface area contributed by atoms with Crippen LogP contribution in [0.4, 0.5) is 0 Å². The summed E-state index contributed by atoms with van der Waals surface area (Å²) in [6.07, 6.45) is 4.49. The van der Waals surface area contributed by atoms with Crippen molar-refractivity contribution in [1.82, 2.24) is 34.9 Å². The van der Waals surface area contributed by atoms with Gasteiger partial charge in [-0.2, -0.15) is 5.21 Å². The van der Waals surface area contributed by atoms with E-state index in [9.17, 15) is 4.79 Å². The van der Waals surface area contributed by atoms with Gasteiger partial charge in [-0.15, -0.1) is 10.2 Å². The molecule has 0 saturated carbocycles. The number of tetrazole rings is 1. The summed E-state index contributed by atoms with van der Waals surface area (Å²) >= 11 is 1.44. The van der Waals surface area contributed by atoms with Gasteiger partial charge in [0, 0.05) is 37.1 Å². The highest BCUT2D eigenvalue weighted by molar-refractivity contribution is 7.19. The van der Waals surface area contributed by atoms with E-state index in [1.807, 2.05) is 22.4 Å². The molecule has 108 valence electrons. The number of nitrogens with zero attached hydrogens (tertiary/aromatic N) is 6. The Morgan fingerprint density at radius 3 is 3.19 bits per heavy atom. The summed E-state index contributed by atoms with van der Waals surface area (Å²) in [5, 5.41) is 14.1. The fourth-order valence-electron chi connectivity index (χ4n) is 2.74. The van der Waals surface area contributed by atoms with Crippen molar-refractivity contribution in [1.29, 1.82) is 0 Å². The van der Waals surface area contributed by atoms with E-state index in [0.29, 0.717) is 12.4 Å². The first-order chi connectivity index (χ1) is 10.2. The number of fused-ring (bicyclic) bond motifs is 1. The van der Waals surface area contributed by atoms with Crippen LogP contribution in [-0.4, -0.2) is 53.9 Å². The monoisotopic (exact) mass is 303 g/mol. The van der Waals surface area contributed by atoms with Gasteiger partial charge in [0.1, 0.15) is 4.88 Å². The summed E-state index contributed by atoms with van der Waals surface area (Å²) in [7, 11) is 0. The summed E-state index contributed by atoms with van der Waals surface area (Å²) in [6, 6.07) is 0. The minimum atomic E-state index is 0.0639. The molecule has 1 aliphatic rings. The lowest BCUT2D eigenvalue weighted by Gasteiger charge is -2.15. The molecule has 1 saturated heterocycles. The third kappa shape index (κ3) is 1.92. The van der Waals surface area contributed by atoms with Gasteiger partial charge in [0.2, 0.25) is 0 Å². The number of rotatable bonds is 2. The van der Waals surface area contributed by atoms with Gasteiger partial charge in [-0.1, -0.05) is 16.6 Å². The van der Waals surface area contributed by atoms with Gasteiger partial charge in [0.15, 0.2) is 10.8 Å². The quantitative estimate of drug-likeness (QED) is 0.757. The molecule has 0 aliphatic carbocycles. The molecule has 21 heavy (non-hydrogen) atoms. The molecular formula is C12H13N7OS. The number of aryl methyl sites for hydroxylation is 1. The van der Waals surface area contributed by atoms with Crippen LogP contribution in [0.2, 0.25) is 0 Å². The predicted molar refractivity (Wildman–Crippen MR) is 75.2 cm³/mol. The third-order valence-corrected chi connectivity index (χ3v) is 5.05. The molecule has 1 aliphatic heterocycles. The largest absolute Gasteiger partial charge is 0.337 e. The molecular weight excluding hydrogens is 290 g/mol. The zero-order valence-electron chi connectivity index (χ0n) is 11.4. The van der Waals surface area contributed by atoms with Gasteiger partial charge in [0.25, 0.3) is 5.91 Å². The summed E-state index contributed by atoms with van der Waals surface area (Å²) < 4.78 is 1.95. The van der Waals surface area contributed by atoms with Crippen molar-refractivity contribution in [2.75, 3.05) is 13.1 Å². The highest BCUT2D eigenvalue weighted by atomic mass is 32.1. The van der Waals surface area contributed by atoms with E-state index in [0.717, 1.165) is 28.5 Å². The Morgan fingerprint density at radius 2 is 2.43 bits per heavy atom. The molecule has 1 amide bonds. The average molecular weight is 303 g/mol. The van der Waals surface area contributed by atoms with Crippen LogP contribution in [0.15, 0.2) is 12.4 Å². The predicted octanol–water partition coefficient (Wildman–Crippen LogP) is 0.847. The first-order valence-corrected chi connectivity index (χ1v) is 7.51. The van der Waals surface area contributed by atoms with Crippen molar-refractivity contribution in [2.24, 2.45) is 0 Å². The molecule has 1 N–H and O–H groups in total. The molecule has 4 rings (SSSR count). The minimum absolute atomic E-state index is 0.0639. The number of aromatic amines is 1. The smallest absolute Gasteiger partial charge is 0.265 e. The maximum absolute atomic E-state index is 12.7. The number of aromatic nitrogens is 6. The van der Waals surface area contributed by atoms with E-state index < -0.39 is 0 Å². The Kier molecular flexibility index (Phi) is 2.74. The van der Waals surface area contributed by atoms with Crippen molar-refractivity contribution in [2.45, 2.75) is 19.3 Å². The van der Waals surface area contributed by atoms with E-state index in [2.05, 4.69) is 25.6 Å². The number of hydrogen-bond donors (Lipinski definition) is 1. The highest BCUT2D eigenvalue weighted by Gasteiger charge is 2.32. The minimum Gasteiger partial charge on any atom is -0.337 e. The third-order valence-electron chi connectivity index (χ3n) is 3.89. The van der Waals surface area contributed by atoms with Gasteiger partial charge in [0.05, 0.1) is 0 Å². The van der Waals surface area contributed by atoms with Gasteiger partial charge < -0.3 is 4.90 Å². The number of amides is 1. The molecule has 0 bridgehead atoms. The number of hydrogen-bond acceptors (Lipinski definition) is 6. The van der Waals surface area contributed by atoms with Crippen LogP contribution in [0.5, 0.6) is 0 Å². The number of thiazole rings is 1. The number of H-pyrrole nitrogens is 1. The molecule has 1 fully saturated rings. The first-order valence-electron chi connectivity index (χ1n) is 6.69. The number of nitrogens with one attached hydrogen (secondary N) is 1. The van der Waals surface area contributed by atoms with Gasteiger partial charge >= 0.3 is 0 Å². The molecule has 1 unspecified atom stereocenters. The normalized spacial score (nSPS) is 18.7. The van der Waals surface area contributed by atoms with Crippen LogP contribution in [-0.2, 0) is 0 Å². The SMILES string of the molecule is Cc1c(C(=O)N2CCC(c3nn[nH]n3)C2)sc2nccn12. The zero-order valence-corrected chi connectivity index (χ0v) is 12.2. The Hall–Kier alpha value is -2.29. The molecule has 0 spiro atoms. The molecule has 0 aromatic carbocycles. The van der Waals surface area contributed by atoms with E-state index in [1.165, 1.54) is 11.3 Å². The lowest BCUT2D eigenvalue weighted by Crippen LogP contribution is -2.28. The lowest BCUT2D eigenvalue weighted by atomic mass is 10.1. The van der Waals surface area contributed by atoms with Crippen molar-refractivity contribution in [3.05, 3.63) is 28.8 Å². The molecule has 8 nitrogen and oxygen atoms in total. The van der Waals surface area contributed by atoms with Crippen molar-refractivity contribution in [3.8, 4) is 0 Å². The summed E-state index contributed by atoms with van der Waals surface area (Å²) in [6.45, 7) is 3.31. The number of likely N-dealkylation sites (tertiary alicyclic amines) is 1. The second kappa shape index (κ2) is 4.62. The molecule has 9 heteroatoms. The molecule has 1 atom stereocenters.